The molecule has 0 radical (unpaired) electrons. The number of aromatic nitrogens is 1. The molecule has 8 nitrogen and oxygen atoms in total. The first-order chi connectivity index (χ1) is 11.5. The van der Waals surface area contributed by atoms with Crippen LogP contribution in [0.1, 0.15) is 43.9 Å². The molecule has 2 amide bonds. The van der Waals surface area contributed by atoms with Crippen LogP contribution in [-0.4, -0.2) is 33.7 Å². The van der Waals surface area contributed by atoms with Gasteiger partial charge >= 0.3 is 12.1 Å². The number of ether oxygens (including phenoxy) is 1. The zero-order chi connectivity index (χ0) is 19.2. The van der Waals surface area contributed by atoms with Gasteiger partial charge < -0.3 is 20.5 Å². The molecule has 1 rings (SSSR count). The number of nitrogens with one attached hydrogen (secondary N) is 2. The van der Waals surface area contributed by atoms with Crippen LogP contribution in [0.25, 0.3) is 0 Å². The lowest BCUT2D eigenvalue weighted by Gasteiger charge is -2.19. The summed E-state index contributed by atoms with van der Waals surface area (Å²) in [5, 5.41) is 13.4. The summed E-state index contributed by atoms with van der Waals surface area (Å²) in [6, 6.07) is 2.29. The number of carbonyl (C=O) groups is 3. The van der Waals surface area contributed by atoms with Crippen LogP contribution < -0.4 is 10.6 Å². The predicted molar refractivity (Wildman–Crippen MR) is 86.1 cm³/mol. The van der Waals surface area contributed by atoms with E-state index in [1.165, 1.54) is 13.0 Å². The first-order valence-electron chi connectivity index (χ1n) is 7.36. The van der Waals surface area contributed by atoms with Crippen LogP contribution in [0.15, 0.2) is 23.9 Å². The highest BCUT2D eigenvalue weighted by atomic mass is 19.1. The number of rotatable bonds is 5. The second kappa shape index (κ2) is 8.22. The van der Waals surface area contributed by atoms with E-state index in [-0.39, 0.29) is 12.2 Å². The predicted octanol–water partition coefficient (Wildman–Crippen LogP) is 1.96. The van der Waals surface area contributed by atoms with Crippen molar-refractivity contribution in [1.29, 1.82) is 0 Å². The summed E-state index contributed by atoms with van der Waals surface area (Å²) >= 11 is 0. The van der Waals surface area contributed by atoms with E-state index in [2.05, 4.69) is 15.6 Å². The Morgan fingerprint density at radius 3 is 2.48 bits per heavy atom. The molecule has 0 saturated heterocycles. The number of hydrogen-bond donors (Lipinski definition) is 3. The fraction of sp³-hybridized carbons (Fsp3) is 0.375. The van der Waals surface area contributed by atoms with E-state index in [0.29, 0.717) is 0 Å². The third kappa shape index (κ3) is 6.58. The molecule has 0 aliphatic heterocycles. The van der Waals surface area contributed by atoms with Gasteiger partial charge in [-0.25, -0.2) is 19.0 Å². The van der Waals surface area contributed by atoms with E-state index >= 15 is 0 Å². The van der Waals surface area contributed by atoms with Crippen LogP contribution in [0.4, 0.5) is 9.18 Å². The quantitative estimate of drug-likeness (QED) is 0.697. The van der Waals surface area contributed by atoms with Crippen molar-refractivity contribution in [3.8, 4) is 0 Å². The Bertz CT molecular complexity index is 710. The molecule has 25 heavy (non-hydrogen) atoms. The molecule has 0 unspecified atom stereocenters. The van der Waals surface area contributed by atoms with Gasteiger partial charge in [0.1, 0.15) is 11.3 Å². The van der Waals surface area contributed by atoms with E-state index in [1.807, 2.05) is 0 Å². The normalized spacial score (nSPS) is 11.6. The maximum absolute atomic E-state index is 13.8. The molecule has 136 valence electrons. The molecule has 0 aliphatic carbocycles. The molecule has 0 aromatic carbocycles. The summed E-state index contributed by atoms with van der Waals surface area (Å²) in [5.74, 6) is -3.29. The molecule has 0 fully saturated rings. The van der Waals surface area contributed by atoms with Gasteiger partial charge in [-0.15, -0.1) is 0 Å². The molecule has 3 N–H and O–H groups in total. The third-order valence-corrected chi connectivity index (χ3v) is 2.70. The number of carboxylic acid groups (broad SMARTS) is 1. The summed E-state index contributed by atoms with van der Waals surface area (Å²) in [4.78, 5) is 38.3. The molecule has 0 aliphatic rings. The minimum Gasteiger partial charge on any atom is -0.477 e. The Morgan fingerprint density at radius 1 is 1.32 bits per heavy atom. The Labute approximate surface area is 144 Å². The number of amides is 2. The molecule has 0 spiro atoms. The van der Waals surface area contributed by atoms with Gasteiger partial charge in [-0.1, -0.05) is 6.08 Å². The maximum Gasteiger partial charge on any atom is 0.407 e. The van der Waals surface area contributed by atoms with E-state index in [1.54, 1.807) is 20.8 Å². The smallest absolute Gasteiger partial charge is 0.407 e. The number of halogens is 1. The monoisotopic (exact) mass is 353 g/mol. The van der Waals surface area contributed by atoms with Gasteiger partial charge in [0.15, 0.2) is 11.5 Å². The van der Waals surface area contributed by atoms with Gasteiger partial charge in [-0.05, 0) is 39.8 Å². The minimum absolute atomic E-state index is 0.0924. The summed E-state index contributed by atoms with van der Waals surface area (Å²) in [5.41, 5.74) is -1.45. The Balaban J connectivity index is 2.84. The van der Waals surface area contributed by atoms with Crippen LogP contribution >= 0.6 is 0 Å². The third-order valence-electron chi connectivity index (χ3n) is 2.70. The second-order valence-electron chi connectivity index (χ2n) is 5.95. The molecular weight excluding hydrogens is 333 g/mol. The number of nitrogens with zero attached hydrogens (tertiary/aromatic N) is 1. The number of pyridine rings is 1. The lowest BCUT2D eigenvalue weighted by molar-refractivity contribution is -0.133. The molecule has 1 aromatic rings. The van der Waals surface area contributed by atoms with Crippen LogP contribution in [-0.2, 0) is 16.1 Å². The van der Waals surface area contributed by atoms with Gasteiger partial charge in [0, 0.05) is 0 Å². The summed E-state index contributed by atoms with van der Waals surface area (Å²) < 4.78 is 18.8. The van der Waals surface area contributed by atoms with Crippen molar-refractivity contribution in [2.24, 2.45) is 0 Å². The SMILES string of the molecule is C/C=C(/NC(=O)c1nc(CNC(=O)OC(C)(C)C)ccc1F)C(=O)O. The molecular formula is C16H20FN3O5. The van der Waals surface area contributed by atoms with E-state index in [4.69, 9.17) is 9.84 Å². The second-order valence-corrected chi connectivity index (χ2v) is 5.95. The van der Waals surface area contributed by atoms with E-state index < -0.39 is 40.8 Å². The Kier molecular flexibility index (Phi) is 6.60. The summed E-state index contributed by atoms with van der Waals surface area (Å²) in [6.07, 6.45) is 0.471. The molecule has 1 heterocycles. The van der Waals surface area contributed by atoms with Gasteiger partial charge in [0.2, 0.25) is 0 Å². The number of hydrogen-bond acceptors (Lipinski definition) is 5. The van der Waals surface area contributed by atoms with Crippen molar-refractivity contribution in [1.82, 2.24) is 15.6 Å². The largest absolute Gasteiger partial charge is 0.477 e. The van der Waals surface area contributed by atoms with Crippen molar-refractivity contribution in [3.05, 3.63) is 41.1 Å². The zero-order valence-electron chi connectivity index (χ0n) is 14.3. The first-order valence-corrected chi connectivity index (χ1v) is 7.36. The van der Waals surface area contributed by atoms with Crippen LogP contribution in [0, 0.1) is 5.82 Å². The number of aliphatic carboxylic acids is 1. The lowest BCUT2D eigenvalue weighted by atomic mass is 10.2. The van der Waals surface area contributed by atoms with Crippen molar-refractivity contribution < 1.29 is 28.6 Å². The van der Waals surface area contributed by atoms with Gasteiger partial charge in [-0.3, -0.25) is 4.79 Å². The average Bonchev–Trinajstić information content (AvgIpc) is 2.49. The molecule has 0 saturated carbocycles. The highest BCUT2D eigenvalue weighted by Gasteiger charge is 2.19. The number of carboxylic acids is 1. The Morgan fingerprint density at radius 2 is 1.96 bits per heavy atom. The van der Waals surface area contributed by atoms with Crippen molar-refractivity contribution in [3.63, 3.8) is 0 Å². The van der Waals surface area contributed by atoms with Crippen molar-refractivity contribution in [2.75, 3.05) is 0 Å². The van der Waals surface area contributed by atoms with Gasteiger partial charge in [0.05, 0.1) is 12.2 Å². The van der Waals surface area contributed by atoms with Crippen molar-refractivity contribution in [2.45, 2.75) is 39.8 Å². The molecule has 0 bridgehead atoms. The summed E-state index contributed by atoms with van der Waals surface area (Å²) in [7, 11) is 0. The van der Waals surface area contributed by atoms with E-state index in [0.717, 1.165) is 12.1 Å². The Hall–Kier alpha value is -2.97. The highest BCUT2D eigenvalue weighted by molar-refractivity contribution is 5.99. The highest BCUT2D eigenvalue weighted by Crippen LogP contribution is 2.09. The van der Waals surface area contributed by atoms with Crippen LogP contribution in [0.2, 0.25) is 0 Å². The molecule has 1 aromatic heterocycles. The van der Waals surface area contributed by atoms with E-state index in [9.17, 15) is 18.8 Å². The zero-order valence-corrected chi connectivity index (χ0v) is 14.3. The minimum atomic E-state index is -1.36. The standard InChI is InChI=1S/C16H20FN3O5/c1-5-11(14(22)23)20-13(21)12-10(17)7-6-9(19-12)8-18-15(24)25-16(2,3)4/h5-7H,8H2,1-4H3,(H,18,24)(H,20,21)(H,22,23)/b11-5+. The summed E-state index contributed by atoms with van der Waals surface area (Å²) in [6.45, 7) is 6.42. The van der Waals surface area contributed by atoms with Crippen LogP contribution in [0.3, 0.4) is 0 Å². The topological polar surface area (TPSA) is 118 Å². The van der Waals surface area contributed by atoms with Gasteiger partial charge in [-0.2, -0.15) is 0 Å². The fourth-order valence-corrected chi connectivity index (χ4v) is 1.65. The molecule has 0 atom stereocenters. The maximum atomic E-state index is 13.8. The molecule has 9 heteroatoms. The number of allylic oxidation sites excluding steroid dienone is 1. The number of alkyl carbamates (subject to hydrolysis) is 1. The van der Waals surface area contributed by atoms with Gasteiger partial charge in [0.25, 0.3) is 5.91 Å². The lowest BCUT2D eigenvalue weighted by Crippen LogP contribution is -2.33. The van der Waals surface area contributed by atoms with Crippen molar-refractivity contribution >= 4 is 18.0 Å². The number of carbonyl (C=O) groups excluding carboxylic acids is 2. The average molecular weight is 353 g/mol. The first kappa shape index (κ1) is 20.1. The fourth-order valence-electron chi connectivity index (χ4n) is 1.65. The van der Waals surface area contributed by atoms with Crippen LogP contribution in [0.5, 0.6) is 0 Å².